The Morgan fingerprint density at radius 2 is 1.86 bits per heavy atom. The molecule has 0 radical (unpaired) electrons. The van der Waals surface area contributed by atoms with Gasteiger partial charge in [-0.05, 0) is 25.3 Å². The topological polar surface area (TPSA) is 75.6 Å². The average Bonchev–Trinajstić information content (AvgIpc) is 2.94. The van der Waals surface area contributed by atoms with E-state index in [1.54, 1.807) is 12.1 Å². The van der Waals surface area contributed by atoms with Crippen molar-refractivity contribution in [2.75, 3.05) is 31.1 Å². The molecule has 2 aliphatic heterocycles. The summed E-state index contributed by atoms with van der Waals surface area (Å²) in [5.74, 6) is 0. The van der Waals surface area contributed by atoms with E-state index in [-0.39, 0.29) is 10.6 Å². The lowest BCUT2D eigenvalue weighted by Crippen LogP contribution is -2.44. The highest BCUT2D eigenvalue weighted by atomic mass is 16.6. The summed E-state index contributed by atoms with van der Waals surface area (Å²) in [6, 6.07) is 7.93. The molecule has 2 N–H and O–H groups in total. The number of para-hydroxylation sites is 2. The SMILES string of the molecule is NC1CCN(C2CCN(c3ccccc3[N+](=O)[O-])CC2)C1. The van der Waals surface area contributed by atoms with E-state index in [0.717, 1.165) is 51.1 Å². The molecular formula is C15H22N4O2. The number of hydrogen-bond donors (Lipinski definition) is 1. The minimum Gasteiger partial charge on any atom is -0.366 e. The van der Waals surface area contributed by atoms with Gasteiger partial charge in [-0.2, -0.15) is 0 Å². The number of anilines is 1. The fourth-order valence-corrected chi connectivity index (χ4v) is 3.50. The monoisotopic (exact) mass is 290 g/mol. The first-order chi connectivity index (χ1) is 10.1. The number of nitro benzene ring substituents is 1. The molecule has 1 aromatic carbocycles. The van der Waals surface area contributed by atoms with Crippen molar-refractivity contribution in [3.8, 4) is 0 Å². The molecule has 6 nitrogen and oxygen atoms in total. The van der Waals surface area contributed by atoms with Crippen LogP contribution >= 0.6 is 0 Å². The van der Waals surface area contributed by atoms with Crippen molar-refractivity contribution in [3.05, 3.63) is 34.4 Å². The molecule has 1 aromatic rings. The average molecular weight is 290 g/mol. The highest BCUT2D eigenvalue weighted by Gasteiger charge is 2.30. The Balaban J connectivity index is 1.65. The van der Waals surface area contributed by atoms with Gasteiger partial charge in [0.1, 0.15) is 5.69 Å². The van der Waals surface area contributed by atoms with Gasteiger partial charge in [0.15, 0.2) is 0 Å². The zero-order valence-electron chi connectivity index (χ0n) is 12.1. The molecule has 0 saturated carbocycles. The van der Waals surface area contributed by atoms with Crippen molar-refractivity contribution in [3.63, 3.8) is 0 Å². The van der Waals surface area contributed by atoms with E-state index in [2.05, 4.69) is 9.80 Å². The van der Waals surface area contributed by atoms with Crippen LogP contribution in [0.25, 0.3) is 0 Å². The van der Waals surface area contributed by atoms with Gasteiger partial charge in [0.2, 0.25) is 0 Å². The smallest absolute Gasteiger partial charge is 0.292 e. The van der Waals surface area contributed by atoms with Crippen LogP contribution in [0.2, 0.25) is 0 Å². The number of rotatable bonds is 3. The number of benzene rings is 1. The minimum absolute atomic E-state index is 0.208. The molecule has 2 fully saturated rings. The zero-order chi connectivity index (χ0) is 14.8. The molecule has 0 bridgehead atoms. The molecule has 0 aromatic heterocycles. The number of nitro groups is 1. The maximum Gasteiger partial charge on any atom is 0.292 e. The minimum atomic E-state index is -0.291. The Labute approximate surface area is 124 Å². The van der Waals surface area contributed by atoms with E-state index in [9.17, 15) is 10.1 Å². The Morgan fingerprint density at radius 1 is 1.14 bits per heavy atom. The summed E-state index contributed by atoms with van der Waals surface area (Å²) < 4.78 is 0. The zero-order valence-corrected chi connectivity index (χ0v) is 12.1. The number of nitrogens with two attached hydrogens (primary N) is 1. The predicted molar refractivity (Wildman–Crippen MR) is 82.5 cm³/mol. The Kier molecular flexibility index (Phi) is 4.07. The maximum absolute atomic E-state index is 11.1. The molecule has 2 aliphatic rings. The third-order valence-electron chi connectivity index (χ3n) is 4.66. The van der Waals surface area contributed by atoms with E-state index >= 15 is 0 Å². The predicted octanol–water partition coefficient (Wildman–Crippen LogP) is 1.60. The van der Waals surface area contributed by atoms with Gasteiger partial charge < -0.3 is 10.6 Å². The summed E-state index contributed by atoms with van der Waals surface area (Å²) >= 11 is 0. The van der Waals surface area contributed by atoms with E-state index in [0.29, 0.717) is 12.1 Å². The second-order valence-corrected chi connectivity index (χ2v) is 6.01. The molecule has 0 aliphatic carbocycles. The summed E-state index contributed by atoms with van der Waals surface area (Å²) in [6.45, 7) is 3.84. The summed E-state index contributed by atoms with van der Waals surface area (Å²) in [7, 11) is 0. The van der Waals surface area contributed by atoms with E-state index in [4.69, 9.17) is 5.73 Å². The van der Waals surface area contributed by atoms with Crippen LogP contribution in [0.5, 0.6) is 0 Å². The first-order valence-corrected chi connectivity index (χ1v) is 7.63. The Morgan fingerprint density at radius 3 is 2.48 bits per heavy atom. The van der Waals surface area contributed by atoms with Crippen LogP contribution in [-0.2, 0) is 0 Å². The molecule has 3 rings (SSSR count). The van der Waals surface area contributed by atoms with Crippen molar-refractivity contribution in [1.82, 2.24) is 4.90 Å². The molecule has 1 unspecified atom stereocenters. The van der Waals surface area contributed by atoms with Gasteiger partial charge in [-0.3, -0.25) is 15.0 Å². The molecule has 6 heteroatoms. The van der Waals surface area contributed by atoms with Crippen LogP contribution in [0.3, 0.4) is 0 Å². The van der Waals surface area contributed by atoms with Crippen molar-refractivity contribution < 1.29 is 4.92 Å². The lowest BCUT2D eigenvalue weighted by atomic mass is 10.0. The summed E-state index contributed by atoms with van der Waals surface area (Å²) in [5, 5.41) is 11.1. The van der Waals surface area contributed by atoms with Gasteiger partial charge in [-0.1, -0.05) is 12.1 Å². The van der Waals surface area contributed by atoms with Gasteiger partial charge in [0.25, 0.3) is 5.69 Å². The Bertz CT molecular complexity index is 514. The third kappa shape index (κ3) is 3.01. The second kappa shape index (κ2) is 5.99. The number of piperidine rings is 1. The van der Waals surface area contributed by atoms with Crippen molar-refractivity contribution >= 4 is 11.4 Å². The van der Waals surface area contributed by atoms with Gasteiger partial charge in [0.05, 0.1) is 4.92 Å². The normalized spacial score (nSPS) is 24.4. The molecular weight excluding hydrogens is 268 g/mol. The first-order valence-electron chi connectivity index (χ1n) is 7.63. The third-order valence-corrected chi connectivity index (χ3v) is 4.66. The molecule has 1 atom stereocenters. The van der Waals surface area contributed by atoms with Crippen LogP contribution in [-0.4, -0.2) is 48.1 Å². The summed E-state index contributed by atoms with van der Waals surface area (Å²) in [6.07, 6.45) is 3.20. The summed E-state index contributed by atoms with van der Waals surface area (Å²) in [4.78, 5) is 15.5. The van der Waals surface area contributed by atoms with Crippen LogP contribution in [0, 0.1) is 10.1 Å². The van der Waals surface area contributed by atoms with Crippen LogP contribution in [0.4, 0.5) is 11.4 Å². The van der Waals surface area contributed by atoms with E-state index in [1.807, 2.05) is 12.1 Å². The molecule has 21 heavy (non-hydrogen) atoms. The van der Waals surface area contributed by atoms with Crippen LogP contribution in [0.1, 0.15) is 19.3 Å². The first kappa shape index (κ1) is 14.3. The maximum atomic E-state index is 11.1. The van der Waals surface area contributed by atoms with Crippen molar-refractivity contribution in [2.24, 2.45) is 5.73 Å². The fraction of sp³-hybridized carbons (Fsp3) is 0.600. The van der Waals surface area contributed by atoms with Gasteiger partial charge in [0, 0.05) is 44.3 Å². The number of nitrogens with zero attached hydrogens (tertiary/aromatic N) is 3. The summed E-state index contributed by atoms with van der Waals surface area (Å²) in [5.41, 5.74) is 6.93. The standard InChI is InChI=1S/C15H22N4O2/c16-12-5-8-18(11-12)13-6-9-17(10-7-13)14-3-1-2-4-15(14)19(20)21/h1-4,12-13H,5-11,16H2. The lowest BCUT2D eigenvalue weighted by Gasteiger charge is -2.37. The highest BCUT2D eigenvalue weighted by Crippen LogP contribution is 2.31. The van der Waals surface area contributed by atoms with E-state index < -0.39 is 0 Å². The van der Waals surface area contributed by atoms with Crippen LogP contribution in [0.15, 0.2) is 24.3 Å². The fourth-order valence-electron chi connectivity index (χ4n) is 3.50. The molecule has 0 amide bonds. The lowest BCUT2D eigenvalue weighted by molar-refractivity contribution is -0.384. The molecule has 2 heterocycles. The number of likely N-dealkylation sites (tertiary alicyclic amines) is 1. The van der Waals surface area contributed by atoms with Crippen molar-refractivity contribution in [1.29, 1.82) is 0 Å². The van der Waals surface area contributed by atoms with E-state index in [1.165, 1.54) is 0 Å². The molecule has 2 saturated heterocycles. The molecule has 114 valence electrons. The Hall–Kier alpha value is -1.66. The van der Waals surface area contributed by atoms with Gasteiger partial charge in [-0.15, -0.1) is 0 Å². The number of hydrogen-bond acceptors (Lipinski definition) is 5. The van der Waals surface area contributed by atoms with Gasteiger partial charge >= 0.3 is 0 Å². The molecule has 0 spiro atoms. The van der Waals surface area contributed by atoms with Gasteiger partial charge in [-0.25, -0.2) is 0 Å². The quantitative estimate of drug-likeness (QED) is 0.676. The second-order valence-electron chi connectivity index (χ2n) is 6.01. The highest BCUT2D eigenvalue weighted by molar-refractivity contribution is 5.63. The van der Waals surface area contributed by atoms with Crippen molar-refractivity contribution in [2.45, 2.75) is 31.3 Å². The largest absolute Gasteiger partial charge is 0.366 e. The van der Waals surface area contributed by atoms with Crippen LogP contribution < -0.4 is 10.6 Å².